The summed E-state index contributed by atoms with van der Waals surface area (Å²) in [6.07, 6.45) is 53.5. The Balaban J connectivity index is 4.95. The van der Waals surface area contributed by atoms with Crippen molar-refractivity contribution in [3.05, 3.63) is 35.5 Å². The number of allylic oxidation sites excluding steroid dienone is 6. The number of carboxylic acids is 1. The van der Waals surface area contributed by atoms with Gasteiger partial charge in [0.1, 0.15) is 0 Å². The summed E-state index contributed by atoms with van der Waals surface area (Å²) in [6.45, 7) is 6.76. The zero-order valence-electron chi connectivity index (χ0n) is 37.8. The molecule has 326 valence electrons. The Hall–Kier alpha value is -1.97. The topological polar surface area (TPSA) is 71.4 Å². The first-order valence-corrected chi connectivity index (χ1v) is 24.8. The minimum Gasteiger partial charge on any atom is -0.481 e. The Kier molecular flexibility index (Phi) is 42.6. The summed E-state index contributed by atoms with van der Waals surface area (Å²) in [5.74, 6) is -0.278. The van der Waals surface area contributed by atoms with E-state index >= 15 is 0 Å². The summed E-state index contributed by atoms with van der Waals surface area (Å²) in [5, 5.41) is 8.97. The first kappa shape index (κ1) is 54.0. The molecule has 0 spiro atoms. The highest BCUT2D eigenvalue weighted by Gasteiger charge is 2.20. The van der Waals surface area contributed by atoms with Crippen molar-refractivity contribution < 1.29 is 19.5 Å². The van der Waals surface area contributed by atoms with Crippen LogP contribution in [-0.2, 0) is 14.4 Å². The molecule has 0 atom stereocenters. The number of carbonyl (C=O) groups is 3. The lowest BCUT2D eigenvalue weighted by Crippen LogP contribution is -2.13. The Morgan fingerprint density at radius 2 is 0.536 bits per heavy atom. The highest BCUT2D eigenvalue weighted by molar-refractivity contribution is 6.06. The zero-order valence-corrected chi connectivity index (χ0v) is 37.8. The fourth-order valence-corrected chi connectivity index (χ4v) is 7.77. The third-order valence-electron chi connectivity index (χ3n) is 11.5. The third kappa shape index (κ3) is 37.6. The second-order valence-corrected chi connectivity index (χ2v) is 16.9. The molecule has 0 aliphatic carbocycles. The van der Waals surface area contributed by atoms with Crippen LogP contribution in [0.1, 0.15) is 278 Å². The van der Waals surface area contributed by atoms with E-state index in [-0.39, 0.29) is 18.0 Å². The van der Waals surface area contributed by atoms with Gasteiger partial charge in [0.15, 0.2) is 11.6 Å². The van der Waals surface area contributed by atoms with Crippen molar-refractivity contribution in [1.29, 1.82) is 0 Å². The number of ketones is 2. The van der Waals surface area contributed by atoms with Crippen molar-refractivity contribution in [2.45, 2.75) is 278 Å². The van der Waals surface area contributed by atoms with Crippen LogP contribution in [0.15, 0.2) is 35.5 Å². The van der Waals surface area contributed by atoms with E-state index in [1.54, 1.807) is 0 Å². The minimum atomic E-state index is -0.728. The molecule has 1 N–H and O–H groups in total. The van der Waals surface area contributed by atoms with Crippen LogP contribution in [0.25, 0.3) is 0 Å². The average Bonchev–Trinajstić information content (AvgIpc) is 3.19. The zero-order chi connectivity index (χ0) is 41.0. The Labute approximate surface area is 349 Å². The van der Waals surface area contributed by atoms with Gasteiger partial charge in [-0.05, 0) is 96.3 Å². The molecule has 0 rings (SSSR count). The van der Waals surface area contributed by atoms with E-state index in [0.29, 0.717) is 25.7 Å². The van der Waals surface area contributed by atoms with Crippen LogP contribution in [0.4, 0.5) is 0 Å². The van der Waals surface area contributed by atoms with Crippen LogP contribution in [0.5, 0.6) is 0 Å². The van der Waals surface area contributed by atoms with Gasteiger partial charge in [-0.25, -0.2) is 0 Å². The van der Waals surface area contributed by atoms with Crippen LogP contribution < -0.4 is 0 Å². The summed E-state index contributed by atoms with van der Waals surface area (Å²) in [6, 6.07) is 0. The Bertz CT molecular complexity index is 989. The number of carbonyl (C=O) groups excluding carboxylic acids is 2. The number of rotatable bonds is 45. The molecule has 0 radical (unpaired) electrons. The largest absolute Gasteiger partial charge is 0.481 e. The number of hydrogen-bond donors (Lipinski definition) is 1. The number of hydrogen-bond acceptors (Lipinski definition) is 3. The molecule has 0 aliphatic heterocycles. The third-order valence-corrected chi connectivity index (χ3v) is 11.5. The monoisotopic (exact) mass is 783 g/mol. The summed E-state index contributed by atoms with van der Waals surface area (Å²) in [7, 11) is 0. The quantitative estimate of drug-likeness (QED) is 0.0379. The van der Waals surface area contributed by atoms with Crippen LogP contribution >= 0.6 is 0 Å². The maximum Gasteiger partial charge on any atom is 0.303 e. The van der Waals surface area contributed by atoms with Gasteiger partial charge in [0.05, 0.1) is 0 Å². The fourth-order valence-electron chi connectivity index (χ4n) is 7.77. The van der Waals surface area contributed by atoms with Gasteiger partial charge in [0.2, 0.25) is 0 Å². The van der Waals surface area contributed by atoms with Crippen molar-refractivity contribution in [1.82, 2.24) is 0 Å². The minimum absolute atomic E-state index is 0.219. The van der Waals surface area contributed by atoms with E-state index in [2.05, 4.69) is 45.1 Å². The van der Waals surface area contributed by atoms with Gasteiger partial charge in [-0.1, -0.05) is 186 Å². The van der Waals surface area contributed by atoms with Crippen molar-refractivity contribution in [3.63, 3.8) is 0 Å². The van der Waals surface area contributed by atoms with Gasteiger partial charge in [0.25, 0.3) is 0 Å². The SMILES string of the molecule is CCCCCCCC/C=C\CCCCCCCC(=O)/C(CCCCCC)=C(/CCCCCCCC(=O)O)C(=O)CCCCCCC/C=C\CCCCCCCC. The molecule has 4 heteroatoms. The molecular weight excluding hydrogens is 689 g/mol. The number of Topliss-reactive ketones (excluding diaryl/α,β-unsaturated/α-hetero) is 2. The second kappa shape index (κ2) is 44.1. The summed E-state index contributed by atoms with van der Waals surface area (Å²) >= 11 is 0. The maximum atomic E-state index is 13.9. The van der Waals surface area contributed by atoms with E-state index in [9.17, 15) is 14.4 Å². The standard InChI is InChI=1S/C52H94O4/c1-4-7-10-13-15-17-19-21-23-25-27-29-31-35-40-45-50(53)48(43-38-12-9-6-3)49(44-39-34-33-37-42-47-52(55)56)51(54)46-41-36-32-30-28-26-24-22-20-18-16-14-11-8-5-2/h21-24H,4-20,25-47H2,1-3H3,(H,55,56)/b23-21-,24-22-,49-48-. The molecule has 0 fully saturated rings. The van der Waals surface area contributed by atoms with Crippen LogP contribution in [0, 0.1) is 0 Å². The van der Waals surface area contributed by atoms with E-state index < -0.39 is 5.97 Å². The Morgan fingerprint density at radius 3 is 0.839 bits per heavy atom. The van der Waals surface area contributed by atoms with E-state index in [1.165, 1.54) is 141 Å². The molecule has 4 nitrogen and oxygen atoms in total. The van der Waals surface area contributed by atoms with Gasteiger partial charge in [-0.2, -0.15) is 0 Å². The molecule has 0 aromatic heterocycles. The Morgan fingerprint density at radius 1 is 0.304 bits per heavy atom. The summed E-state index contributed by atoms with van der Waals surface area (Å²) in [4.78, 5) is 38.6. The maximum absolute atomic E-state index is 13.9. The first-order valence-electron chi connectivity index (χ1n) is 24.8. The molecule has 0 bridgehead atoms. The van der Waals surface area contributed by atoms with Crippen molar-refractivity contribution in [2.24, 2.45) is 0 Å². The van der Waals surface area contributed by atoms with Gasteiger partial charge in [-0.3, -0.25) is 14.4 Å². The molecule has 0 amide bonds. The molecular formula is C52H94O4. The van der Waals surface area contributed by atoms with E-state index in [0.717, 1.165) is 94.6 Å². The van der Waals surface area contributed by atoms with E-state index in [1.807, 2.05) is 0 Å². The highest BCUT2D eigenvalue weighted by atomic mass is 16.4. The van der Waals surface area contributed by atoms with Crippen molar-refractivity contribution in [2.75, 3.05) is 0 Å². The molecule has 0 aliphatic rings. The van der Waals surface area contributed by atoms with Gasteiger partial charge in [-0.15, -0.1) is 0 Å². The van der Waals surface area contributed by atoms with Gasteiger partial charge >= 0.3 is 5.97 Å². The molecule has 0 saturated heterocycles. The summed E-state index contributed by atoms with van der Waals surface area (Å²) in [5.41, 5.74) is 1.71. The molecule has 0 heterocycles. The molecule has 0 aromatic carbocycles. The van der Waals surface area contributed by atoms with Gasteiger partial charge < -0.3 is 5.11 Å². The predicted molar refractivity (Wildman–Crippen MR) is 245 cm³/mol. The van der Waals surface area contributed by atoms with Gasteiger partial charge in [0, 0.05) is 30.4 Å². The molecule has 0 unspecified atom stereocenters. The lowest BCUT2D eigenvalue weighted by atomic mass is 9.88. The lowest BCUT2D eigenvalue weighted by molar-refractivity contribution is -0.137. The molecule has 0 aromatic rings. The highest BCUT2D eigenvalue weighted by Crippen LogP contribution is 2.26. The predicted octanol–water partition coefficient (Wildman–Crippen LogP) is 17.3. The van der Waals surface area contributed by atoms with Crippen LogP contribution in [0.2, 0.25) is 0 Å². The van der Waals surface area contributed by atoms with Crippen molar-refractivity contribution >= 4 is 17.5 Å². The fraction of sp³-hybridized carbons (Fsp3) is 0.827. The van der Waals surface area contributed by atoms with Crippen LogP contribution in [0.3, 0.4) is 0 Å². The lowest BCUT2D eigenvalue weighted by Gasteiger charge is -2.15. The number of unbranched alkanes of at least 4 members (excludes halogenated alkanes) is 29. The number of carboxylic acid groups (broad SMARTS) is 1. The van der Waals surface area contributed by atoms with E-state index in [4.69, 9.17) is 5.11 Å². The number of aliphatic carboxylic acids is 1. The second-order valence-electron chi connectivity index (χ2n) is 16.9. The molecule has 0 saturated carbocycles. The molecule has 56 heavy (non-hydrogen) atoms. The van der Waals surface area contributed by atoms with Crippen LogP contribution in [-0.4, -0.2) is 22.6 Å². The first-order chi connectivity index (χ1) is 27.5. The van der Waals surface area contributed by atoms with Crippen molar-refractivity contribution in [3.8, 4) is 0 Å². The average molecular weight is 783 g/mol. The summed E-state index contributed by atoms with van der Waals surface area (Å²) < 4.78 is 0. The smallest absolute Gasteiger partial charge is 0.303 e. The normalized spacial score (nSPS) is 12.3.